The largest absolute Gasteiger partial charge is 0.496 e. The lowest BCUT2D eigenvalue weighted by Gasteiger charge is -2.21. The SMILES string of the molecule is COc1ccc(Br)cc1CNC(C)C1CCCC1. The second-order valence-corrected chi connectivity index (χ2v) is 6.09. The van der Waals surface area contributed by atoms with E-state index in [4.69, 9.17) is 4.74 Å². The lowest BCUT2D eigenvalue weighted by Crippen LogP contribution is -2.31. The van der Waals surface area contributed by atoms with E-state index < -0.39 is 0 Å². The van der Waals surface area contributed by atoms with E-state index in [0.29, 0.717) is 6.04 Å². The van der Waals surface area contributed by atoms with E-state index in [9.17, 15) is 0 Å². The van der Waals surface area contributed by atoms with E-state index in [1.54, 1.807) is 7.11 Å². The highest BCUT2D eigenvalue weighted by Gasteiger charge is 2.21. The van der Waals surface area contributed by atoms with Gasteiger partial charge in [-0.25, -0.2) is 0 Å². The summed E-state index contributed by atoms with van der Waals surface area (Å²) in [7, 11) is 1.73. The Kier molecular flexibility index (Phi) is 5.07. The van der Waals surface area contributed by atoms with Gasteiger partial charge in [0.1, 0.15) is 5.75 Å². The van der Waals surface area contributed by atoms with Crippen LogP contribution in [0.15, 0.2) is 22.7 Å². The maximum absolute atomic E-state index is 5.40. The Morgan fingerprint density at radius 2 is 2.11 bits per heavy atom. The first kappa shape index (κ1) is 13.9. The Morgan fingerprint density at radius 1 is 1.39 bits per heavy atom. The van der Waals surface area contributed by atoms with Crippen LogP contribution in [0, 0.1) is 5.92 Å². The van der Waals surface area contributed by atoms with Crippen LogP contribution in [-0.2, 0) is 6.54 Å². The number of nitrogens with one attached hydrogen (secondary N) is 1. The van der Waals surface area contributed by atoms with Crippen LogP contribution in [0.3, 0.4) is 0 Å². The molecule has 0 bridgehead atoms. The fraction of sp³-hybridized carbons (Fsp3) is 0.600. The third kappa shape index (κ3) is 3.48. The molecule has 100 valence electrons. The average molecular weight is 312 g/mol. The van der Waals surface area contributed by atoms with Gasteiger partial charge in [0.25, 0.3) is 0 Å². The normalized spacial score (nSPS) is 17.9. The second-order valence-electron chi connectivity index (χ2n) is 5.17. The molecule has 3 heteroatoms. The van der Waals surface area contributed by atoms with Crippen LogP contribution < -0.4 is 10.1 Å². The molecule has 1 aromatic rings. The van der Waals surface area contributed by atoms with Gasteiger partial charge in [-0.3, -0.25) is 0 Å². The first-order chi connectivity index (χ1) is 8.70. The summed E-state index contributed by atoms with van der Waals surface area (Å²) in [5.41, 5.74) is 1.22. The predicted octanol–water partition coefficient (Wildman–Crippen LogP) is 4.13. The van der Waals surface area contributed by atoms with Crippen LogP contribution in [-0.4, -0.2) is 13.2 Å². The summed E-state index contributed by atoms with van der Waals surface area (Å²) in [6.45, 7) is 3.18. The smallest absolute Gasteiger partial charge is 0.123 e. The van der Waals surface area contributed by atoms with Crippen molar-refractivity contribution in [3.05, 3.63) is 28.2 Å². The zero-order valence-corrected chi connectivity index (χ0v) is 12.8. The Hall–Kier alpha value is -0.540. The standard InChI is InChI=1S/C15H22BrNO/c1-11(12-5-3-4-6-12)17-10-13-9-14(16)7-8-15(13)18-2/h7-9,11-12,17H,3-6,10H2,1-2H3. The van der Waals surface area contributed by atoms with Crippen molar-refractivity contribution < 1.29 is 4.74 Å². The van der Waals surface area contributed by atoms with Gasteiger partial charge in [0.2, 0.25) is 0 Å². The van der Waals surface area contributed by atoms with Crippen molar-refractivity contribution in [2.45, 2.75) is 45.2 Å². The minimum atomic E-state index is 0.594. The summed E-state index contributed by atoms with van der Waals surface area (Å²) in [5.74, 6) is 1.81. The van der Waals surface area contributed by atoms with E-state index in [2.05, 4.69) is 34.2 Å². The van der Waals surface area contributed by atoms with E-state index in [1.165, 1.54) is 31.2 Å². The zero-order valence-electron chi connectivity index (χ0n) is 11.2. The average Bonchev–Trinajstić information content (AvgIpc) is 2.90. The summed E-state index contributed by atoms with van der Waals surface area (Å²) < 4.78 is 6.50. The van der Waals surface area contributed by atoms with E-state index in [-0.39, 0.29) is 0 Å². The summed E-state index contributed by atoms with van der Waals surface area (Å²) in [4.78, 5) is 0. The molecule has 18 heavy (non-hydrogen) atoms. The Bertz CT molecular complexity index is 388. The predicted molar refractivity (Wildman–Crippen MR) is 79.0 cm³/mol. The number of methoxy groups -OCH3 is 1. The van der Waals surface area contributed by atoms with Crippen molar-refractivity contribution in [1.82, 2.24) is 5.32 Å². The van der Waals surface area contributed by atoms with Gasteiger partial charge in [-0.2, -0.15) is 0 Å². The molecule has 1 atom stereocenters. The lowest BCUT2D eigenvalue weighted by molar-refractivity contribution is 0.371. The monoisotopic (exact) mass is 311 g/mol. The molecule has 2 nitrogen and oxygen atoms in total. The molecular weight excluding hydrogens is 290 g/mol. The third-order valence-corrected chi connectivity index (χ3v) is 4.46. The molecule has 1 unspecified atom stereocenters. The van der Waals surface area contributed by atoms with Gasteiger partial charge in [-0.1, -0.05) is 28.8 Å². The van der Waals surface area contributed by atoms with Crippen LogP contribution in [0.4, 0.5) is 0 Å². The van der Waals surface area contributed by atoms with Crippen LogP contribution >= 0.6 is 15.9 Å². The number of rotatable bonds is 5. The van der Waals surface area contributed by atoms with Crippen molar-refractivity contribution in [1.29, 1.82) is 0 Å². The van der Waals surface area contributed by atoms with Gasteiger partial charge >= 0.3 is 0 Å². The van der Waals surface area contributed by atoms with Crippen molar-refractivity contribution in [3.8, 4) is 5.75 Å². The van der Waals surface area contributed by atoms with Crippen LogP contribution in [0.2, 0.25) is 0 Å². The minimum Gasteiger partial charge on any atom is -0.496 e. The van der Waals surface area contributed by atoms with Gasteiger partial charge in [0.05, 0.1) is 7.11 Å². The van der Waals surface area contributed by atoms with Gasteiger partial charge < -0.3 is 10.1 Å². The Labute approximate surface area is 118 Å². The summed E-state index contributed by atoms with van der Waals surface area (Å²) in [6, 6.07) is 6.76. The molecular formula is C15H22BrNO. The van der Waals surface area contributed by atoms with Gasteiger partial charge in [-0.05, 0) is 43.9 Å². The minimum absolute atomic E-state index is 0.594. The maximum atomic E-state index is 5.40. The molecule has 0 saturated heterocycles. The van der Waals surface area contributed by atoms with E-state index in [0.717, 1.165) is 22.7 Å². The second kappa shape index (κ2) is 6.58. The van der Waals surface area contributed by atoms with Gasteiger partial charge in [0, 0.05) is 22.6 Å². The third-order valence-electron chi connectivity index (χ3n) is 3.96. The summed E-state index contributed by atoms with van der Waals surface area (Å²) >= 11 is 3.52. The van der Waals surface area contributed by atoms with E-state index >= 15 is 0 Å². The molecule has 1 fully saturated rings. The number of hydrogen-bond donors (Lipinski definition) is 1. The molecule has 2 rings (SSSR count). The quantitative estimate of drug-likeness (QED) is 0.883. The number of ether oxygens (including phenoxy) is 1. The molecule has 0 amide bonds. The highest BCUT2D eigenvalue weighted by molar-refractivity contribution is 9.10. The van der Waals surface area contributed by atoms with Gasteiger partial charge in [0.15, 0.2) is 0 Å². The first-order valence-corrected chi connectivity index (χ1v) is 7.56. The fourth-order valence-corrected chi connectivity index (χ4v) is 3.19. The zero-order chi connectivity index (χ0) is 13.0. The molecule has 0 aliphatic heterocycles. The first-order valence-electron chi connectivity index (χ1n) is 6.76. The maximum Gasteiger partial charge on any atom is 0.123 e. The molecule has 1 N–H and O–H groups in total. The van der Waals surface area contributed by atoms with Crippen molar-refractivity contribution in [2.24, 2.45) is 5.92 Å². The van der Waals surface area contributed by atoms with Crippen molar-refractivity contribution in [2.75, 3.05) is 7.11 Å². The molecule has 0 heterocycles. The molecule has 0 spiro atoms. The molecule has 1 aliphatic rings. The molecule has 1 aliphatic carbocycles. The Morgan fingerprint density at radius 3 is 2.78 bits per heavy atom. The molecule has 0 radical (unpaired) electrons. The summed E-state index contributed by atoms with van der Waals surface area (Å²) in [5, 5.41) is 3.64. The van der Waals surface area contributed by atoms with Crippen molar-refractivity contribution >= 4 is 15.9 Å². The fourth-order valence-electron chi connectivity index (χ4n) is 2.78. The van der Waals surface area contributed by atoms with Gasteiger partial charge in [-0.15, -0.1) is 0 Å². The van der Waals surface area contributed by atoms with Crippen molar-refractivity contribution in [3.63, 3.8) is 0 Å². The lowest BCUT2D eigenvalue weighted by atomic mass is 9.99. The molecule has 0 aromatic heterocycles. The number of halogens is 1. The van der Waals surface area contributed by atoms with Crippen LogP contribution in [0.5, 0.6) is 5.75 Å². The Balaban J connectivity index is 1.94. The number of benzene rings is 1. The topological polar surface area (TPSA) is 21.3 Å². The van der Waals surface area contributed by atoms with Crippen LogP contribution in [0.25, 0.3) is 0 Å². The highest BCUT2D eigenvalue weighted by Crippen LogP contribution is 2.28. The van der Waals surface area contributed by atoms with E-state index in [1.807, 2.05) is 12.1 Å². The number of hydrogen-bond acceptors (Lipinski definition) is 2. The summed E-state index contributed by atoms with van der Waals surface area (Å²) in [6.07, 6.45) is 5.56. The molecule has 1 aromatic carbocycles. The molecule has 1 saturated carbocycles. The highest BCUT2D eigenvalue weighted by atomic mass is 79.9. The van der Waals surface area contributed by atoms with Crippen LogP contribution in [0.1, 0.15) is 38.2 Å².